The Hall–Kier alpha value is -1.79. The minimum Gasteiger partial charge on any atom is -0.480 e. The van der Waals surface area contributed by atoms with E-state index < -0.39 is 12.0 Å². The lowest BCUT2D eigenvalue weighted by Gasteiger charge is -2.01. The molecule has 2 aromatic rings. The largest absolute Gasteiger partial charge is 0.480 e. The zero-order chi connectivity index (χ0) is 12.4. The monoisotopic (exact) mass is 249 g/mol. The van der Waals surface area contributed by atoms with Crippen molar-refractivity contribution in [3.8, 4) is 10.7 Å². The third-order valence-electron chi connectivity index (χ3n) is 2.32. The Balaban J connectivity index is 2.37. The third-order valence-corrected chi connectivity index (χ3v) is 3.19. The Morgan fingerprint density at radius 2 is 2.35 bits per heavy atom. The first-order valence-corrected chi connectivity index (χ1v) is 5.83. The quantitative estimate of drug-likeness (QED) is 0.862. The first kappa shape index (κ1) is 11.7. The summed E-state index contributed by atoms with van der Waals surface area (Å²) in [5.41, 5.74) is 7.62. The van der Waals surface area contributed by atoms with Gasteiger partial charge in [0, 0.05) is 11.6 Å². The lowest BCUT2D eigenvalue weighted by atomic mass is 10.2. The molecule has 2 heterocycles. The fraction of sp³-hybridized carbons (Fsp3) is 0.182. The zero-order valence-corrected chi connectivity index (χ0v) is 9.94. The molecule has 88 valence electrons. The number of nitrogens with two attached hydrogens (primary N) is 1. The van der Waals surface area contributed by atoms with E-state index in [0.29, 0.717) is 10.7 Å². The van der Waals surface area contributed by atoms with Crippen LogP contribution in [0.4, 0.5) is 0 Å². The fourth-order valence-electron chi connectivity index (χ4n) is 1.37. The molecule has 0 radical (unpaired) electrons. The van der Waals surface area contributed by atoms with E-state index >= 15 is 0 Å². The van der Waals surface area contributed by atoms with Crippen LogP contribution in [0.15, 0.2) is 23.7 Å². The molecule has 0 aliphatic rings. The van der Waals surface area contributed by atoms with Crippen LogP contribution in [-0.4, -0.2) is 21.0 Å². The summed E-state index contributed by atoms with van der Waals surface area (Å²) in [6.45, 7) is 1.93. The highest BCUT2D eigenvalue weighted by molar-refractivity contribution is 7.13. The van der Waals surface area contributed by atoms with Crippen molar-refractivity contribution in [3.63, 3.8) is 0 Å². The van der Waals surface area contributed by atoms with E-state index in [9.17, 15) is 4.79 Å². The smallest absolute Gasteiger partial charge is 0.326 e. The molecule has 6 heteroatoms. The molecule has 0 spiro atoms. The van der Waals surface area contributed by atoms with Crippen molar-refractivity contribution >= 4 is 17.3 Å². The van der Waals surface area contributed by atoms with Crippen molar-refractivity contribution in [2.75, 3.05) is 0 Å². The molecule has 3 N–H and O–H groups in total. The molecule has 0 aliphatic heterocycles. The maximum absolute atomic E-state index is 10.7. The summed E-state index contributed by atoms with van der Waals surface area (Å²) in [4.78, 5) is 19.2. The molecule has 0 aliphatic carbocycles. The molecule has 1 atom stereocenters. The number of rotatable bonds is 3. The summed E-state index contributed by atoms with van der Waals surface area (Å²) in [7, 11) is 0. The molecule has 0 aromatic carbocycles. The average Bonchev–Trinajstić information content (AvgIpc) is 2.77. The number of pyridine rings is 1. The highest BCUT2D eigenvalue weighted by Gasteiger charge is 2.18. The second-order valence-corrected chi connectivity index (χ2v) is 4.42. The maximum atomic E-state index is 10.7. The molecule has 0 saturated heterocycles. The topological polar surface area (TPSA) is 89.1 Å². The van der Waals surface area contributed by atoms with Crippen molar-refractivity contribution in [3.05, 3.63) is 35.0 Å². The van der Waals surface area contributed by atoms with Gasteiger partial charge >= 0.3 is 5.97 Å². The summed E-state index contributed by atoms with van der Waals surface area (Å²) in [6.07, 6.45) is 1.68. The number of carboxylic acids is 1. The number of carboxylic acid groups (broad SMARTS) is 1. The molecule has 1 unspecified atom stereocenters. The average molecular weight is 249 g/mol. The SMILES string of the molecule is Cc1cccnc1-c1nc(C(N)C(=O)O)cs1. The number of aliphatic carboxylic acids is 1. The van der Waals surface area contributed by atoms with Crippen LogP contribution in [0.5, 0.6) is 0 Å². The van der Waals surface area contributed by atoms with Gasteiger partial charge in [0.05, 0.1) is 5.69 Å². The zero-order valence-electron chi connectivity index (χ0n) is 9.12. The van der Waals surface area contributed by atoms with Gasteiger partial charge in [-0.1, -0.05) is 6.07 Å². The maximum Gasteiger partial charge on any atom is 0.326 e. The highest BCUT2D eigenvalue weighted by Crippen LogP contribution is 2.26. The molecule has 5 nitrogen and oxygen atoms in total. The van der Waals surface area contributed by atoms with Gasteiger partial charge in [0.2, 0.25) is 0 Å². The van der Waals surface area contributed by atoms with Gasteiger partial charge in [0.25, 0.3) is 0 Å². The lowest BCUT2D eigenvalue weighted by Crippen LogP contribution is -2.20. The van der Waals surface area contributed by atoms with Crippen LogP contribution in [0.1, 0.15) is 17.3 Å². The van der Waals surface area contributed by atoms with Crippen molar-refractivity contribution in [1.82, 2.24) is 9.97 Å². The number of aryl methyl sites for hydroxylation is 1. The lowest BCUT2D eigenvalue weighted by molar-refractivity contribution is -0.138. The van der Waals surface area contributed by atoms with Crippen LogP contribution in [0.3, 0.4) is 0 Å². The van der Waals surface area contributed by atoms with Gasteiger partial charge < -0.3 is 10.8 Å². The van der Waals surface area contributed by atoms with Crippen LogP contribution in [0, 0.1) is 6.92 Å². The number of hydrogen-bond donors (Lipinski definition) is 2. The molecular formula is C11H11N3O2S. The number of aromatic nitrogens is 2. The number of thiazole rings is 1. The summed E-state index contributed by atoms with van der Waals surface area (Å²) in [5, 5.41) is 11.1. The highest BCUT2D eigenvalue weighted by atomic mass is 32.1. The van der Waals surface area contributed by atoms with Crippen molar-refractivity contribution in [2.24, 2.45) is 5.73 Å². The summed E-state index contributed by atoms with van der Waals surface area (Å²) in [5.74, 6) is -1.08. The van der Waals surface area contributed by atoms with Gasteiger partial charge in [-0.25, -0.2) is 4.98 Å². The summed E-state index contributed by atoms with van der Waals surface area (Å²) in [6, 6.07) is 2.70. The molecule has 0 saturated carbocycles. The van der Waals surface area contributed by atoms with Crippen LogP contribution in [0.2, 0.25) is 0 Å². The Bertz CT molecular complexity index is 553. The van der Waals surface area contributed by atoms with E-state index in [0.717, 1.165) is 11.3 Å². The summed E-state index contributed by atoms with van der Waals surface area (Å²) >= 11 is 1.35. The molecular weight excluding hydrogens is 238 g/mol. The second kappa shape index (κ2) is 4.60. The van der Waals surface area contributed by atoms with Gasteiger partial charge in [0.1, 0.15) is 16.7 Å². The third kappa shape index (κ3) is 2.32. The standard InChI is InChI=1S/C11H11N3O2S/c1-6-3-2-4-13-9(6)10-14-7(5-17-10)8(12)11(15)16/h2-5,8H,12H2,1H3,(H,15,16). The molecule has 2 rings (SSSR count). The van der Waals surface area contributed by atoms with Crippen LogP contribution in [0.25, 0.3) is 10.7 Å². The Morgan fingerprint density at radius 3 is 3.00 bits per heavy atom. The first-order valence-electron chi connectivity index (χ1n) is 4.95. The normalized spacial score (nSPS) is 12.4. The van der Waals surface area contributed by atoms with Gasteiger partial charge in [-0.2, -0.15) is 0 Å². The number of carbonyl (C=O) groups is 1. The van der Waals surface area contributed by atoms with Crippen molar-refractivity contribution < 1.29 is 9.90 Å². The minimum atomic E-state index is -1.08. The number of nitrogens with zero attached hydrogens (tertiary/aromatic N) is 2. The van der Waals surface area contributed by atoms with Crippen LogP contribution >= 0.6 is 11.3 Å². The fourth-order valence-corrected chi connectivity index (χ4v) is 2.29. The van der Waals surface area contributed by atoms with E-state index in [4.69, 9.17) is 10.8 Å². The predicted octanol–water partition coefficient (Wildman–Crippen LogP) is 1.60. The Kier molecular flexibility index (Phi) is 3.16. The van der Waals surface area contributed by atoms with E-state index in [2.05, 4.69) is 9.97 Å². The Morgan fingerprint density at radius 1 is 1.59 bits per heavy atom. The second-order valence-electron chi connectivity index (χ2n) is 3.56. The van der Waals surface area contributed by atoms with Gasteiger partial charge in [-0.15, -0.1) is 11.3 Å². The van der Waals surface area contributed by atoms with Gasteiger partial charge in [-0.05, 0) is 18.6 Å². The molecule has 2 aromatic heterocycles. The predicted molar refractivity (Wildman–Crippen MR) is 64.6 cm³/mol. The Labute approximate surface area is 102 Å². The van der Waals surface area contributed by atoms with E-state index in [1.54, 1.807) is 11.6 Å². The molecule has 0 fully saturated rings. The van der Waals surface area contributed by atoms with E-state index in [1.165, 1.54) is 11.3 Å². The first-order chi connectivity index (χ1) is 8.09. The van der Waals surface area contributed by atoms with Crippen molar-refractivity contribution in [1.29, 1.82) is 0 Å². The van der Waals surface area contributed by atoms with E-state index in [1.807, 2.05) is 19.1 Å². The minimum absolute atomic E-state index is 0.363. The van der Waals surface area contributed by atoms with Crippen LogP contribution < -0.4 is 5.73 Å². The summed E-state index contributed by atoms with van der Waals surface area (Å²) < 4.78 is 0. The molecule has 0 amide bonds. The molecule has 17 heavy (non-hydrogen) atoms. The van der Waals surface area contributed by atoms with Gasteiger partial charge in [0.15, 0.2) is 0 Å². The van der Waals surface area contributed by atoms with Crippen LogP contribution in [-0.2, 0) is 4.79 Å². The van der Waals surface area contributed by atoms with E-state index in [-0.39, 0.29) is 0 Å². The molecule has 0 bridgehead atoms. The van der Waals surface area contributed by atoms with Gasteiger partial charge in [-0.3, -0.25) is 9.78 Å². The number of hydrogen-bond acceptors (Lipinski definition) is 5. The van der Waals surface area contributed by atoms with Crippen molar-refractivity contribution in [2.45, 2.75) is 13.0 Å².